The smallest absolute Gasteiger partial charge is 0.244 e. The number of piperazine rings is 1. The van der Waals surface area contributed by atoms with Crippen LogP contribution in [0.5, 0.6) is 0 Å². The summed E-state index contributed by atoms with van der Waals surface area (Å²) in [7, 11) is 2.11. The van der Waals surface area contributed by atoms with Crippen LogP contribution in [0.3, 0.4) is 0 Å². The first-order valence-corrected chi connectivity index (χ1v) is 8.10. The fourth-order valence-electron chi connectivity index (χ4n) is 3.18. The van der Waals surface area contributed by atoms with Crippen LogP contribution in [0.1, 0.15) is 11.6 Å². The molecule has 1 aromatic carbocycles. The van der Waals surface area contributed by atoms with Crippen LogP contribution >= 0.6 is 0 Å². The summed E-state index contributed by atoms with van der Waals surface area (Å²) in [6.07, 6.45) is 0. The number of benzene rings is 1. The number of carbonyl (C=O) groups is 1. The average molecular weight is 303 g/mol. The second kappa shape index (κ2) is 7.22. The van der Waals surface area contributed by atoms with Gasteiger partial charge in [-0.15, -0.1) is 0 Å². The first kappa shape index (κ1) is 15.5. The zero-order valence-corrected chi connectivity index (χ0v) is 13.3. The molecule has 2 saturated heterocycles. The van der Waals surface area contributed by atoms with E-state index in [9.17, 15) is 4.79 Å². The Morgan fingerprint density at radius 2 is 1.64 bits per heavy atom. The standard InChI is InChI=1S/C17H25N3O2/c1-18-7-9-20(10-8-18)17(21)16(15-5-3-2-4-6-15)19-11-13-22-14-12-19/h2-6,16H,7-14H2,1H3. The number of hydrogen-bond donors (Lipinski definition) is 0. The fourth-order valence-corrected chi connectivity index (χ4v) is 3.18. The van der Waals surface area contributed by atoms with Gasteiger partial charge in [0.1, 0.15) is 6.04 Å². The van der Waals surface area contributed by atoms with Gasteiger partial charge in [0.15, 0.2) is 0 Å². The van der Waals surface area contributed by atoms with Gasteiger partial charge >= 0.3 is 0 Å². The molecule has 2 fully saturated rings. The molecule has 0 radical (unpaired) electrons. The minimum absolute atomic E-state index is 0.173. The van der Waals surface area contributed by atoms with E-state index in [1.165, 1.54) is 0 Å². The maximum Gasteiger partial charge on any atom is 0.244 e. The van der Waals surface area contributed by atoms with Crippen LogP contribution in [0.25, 0.3) is 0 Å². The summed E-state index contributed by atoms with van der Waals surface area (Å²) in [6.45, 7) is 6.61. The Hall–Kier alpha value is -1.43. The Morgan fingerprint density at radius 3 is 2.27 bits per heavy atom. The lowest BCUT2D eigenvalue weighted by molar-refractivity contribution is -0.140. The van der Waals surface area contributed by atoms with E-state index in [0.29, 0.717) is 13.2 Å². The van der Waals surface area contributed by atoms with Crippen molar-refractivity contribution in [2.45, 2.75) is 6.04 Å². The molecule has 0 bridgehead atoms. The Balaban J connectivity index is 1.79. The predicted molar refractivity (Wildman–Crippen MR) is 85.7 cm³/mol. The van der Waals surface area contributed by atoms with Crippen LogP contribution in [-0.4, -0.2) is 80.1 Å². The summed E-state index contributed by atoms with van der Waals surface area (Å²) in [5, 5.41) is 0. The van der Waals surface area contributed by atoms with Crippen LogP contribution in [0.2, 0.25) is 0 Å². The van der Waals surface area contributed by atoms with E-state index in [-0.39, 0.29) is 11.9 Å². The second-order valence-corrected chi connectivity index (χ2v) is 6.09. The van der Waals surface area contributed by atoms with Gasteiger partial charge in [0.05, 0.1) is 13.2 Å². The van der Waals surface area contributed by atoms with E-state index in [0.717, 1.165) is 44.8 Å². The third-order valence-electron chi connectivity index (χ3n) is 4.57. The van der Waals surface area contributed by atoms with Crippen molar-refractivity contribution in [3.05, 3.63) is 35.9 Å². The van der Waals surface area contributed by atoms with E-state index < -0.39 is 0 Å². The Bertz CT molecular complexity index is 480. The van der Waals surface area contributed by atoms with Crippen molar-refractivity contribution in [2.75, 3.05) is 59.5 Å². The molecule has 0 N–H and O–H groups in total. The van der Waals surface area contributed by atoms with E-state index in [1.807, 2.05) is 23.1 Å². The molecule has 2 heterocycles. The van der Waals surface area contributed by atoms with Crippen molar-refractivity contribution in [3.8, 4) is 0 Å². The lowest BCUT2D eigenvalue weighted by Gasteiger charge is -2.39. The zero-order valence-electron chi connectivity index (χ0n) is 13.3. The highest BCUT2D eigenvalue weighted by Gasteiger charge is 2.33. The molecule has 0 aliphatic carbocycles. The fraction of sp³-hybridized carbons (Fsp3) is 0.588. The molecule has 0 spiro atoms. The molecule has 0 saturated carbocycles. The number of likely N-dealkylation sites (N-methyl/N-ethyl adjacent to an activating group) is 1. The predicted octanol–water partition coefficient (Wildman–Crippen LogP) is 0.834. The average Bonchev–Trinajstić information content (AvgIpc) is 2.57. The van der Waals surface area contributed by atoms with E-state index >= 15 is 0 Å². The number of hydrogen-bond acceptors (Lipinski definition) is 4. The lowest BCUT2D eigenvalue weighted by atomic mass is 10.0. The molecule has 2 aliphatic rings. The topological polar surface area (TPSA) is 36.0 Å². The normalized spacial score (nSPS) is 22.5. The molecular formula is C17H25N3O2. The van der Waals surface area contributed by atoms with Gasteiger partial charge in [-0.1, -0.05) is 30.3 Å². The van der Waals surface area contributed by atoms with Crippen LogP contribution < -0.4 is 0 Å². The molecule has 120 valence electrons. The summed E-state index contributed by atoms with van der Waals surface area (Å²) < 4.78 is 5.45. The minimum atomic E-state index is -0.173. The number of amides is 1. The monoisotopic (exact) mass is 303 g/mol. The van der Waals surface area contributed by atoms with Gasteiger partial charge in [-0.05, 0) is 12.6 Å². The van der Waals surface area contributed by atoms with Crippen molar-refractivity contribution < 1.29 is 9.53 Å². The van der Waals surface area contributed by atoms with Gasteiger partial charge < -0.3 is 14.5 Å². The molecule has 1 unspecified atom stereocenters. The van der Waals surface area contributed by atoms with Crippen molar-refractivity contribution in [1.82, 2.24) is 14.7 Å². The Kier molecular flexibility index (Phi) is 5.08. The van der Waals surface area contributed by atoms with E-state index in [2.05, 4.69) is 29.0 Å². The molecular weight excluding hydrogens is 278 g/mol. The SMILES string of the molecule is CN1CCN(C(=O)C(c2ccccc2)N2CCOCC2)CC1. The van der Waals surface area contributed by atoms with Crippen molar-refractivity contribution in [3.63, 3.8) is 0 Å². The third kappa shape index (κ3) is 3.48. The van der Waals surface area contributed by atoms with Crippen molar-refractivity contribution >= 4 is 5.91 Å². The highest BCUT2D eigenvalue weighted by atomic mass is 16.5. The maximum absolute atomic E-state index is 13.1. The van der Waals surface area contributed by atoms with Crippen LogP contribution in [0, 0.1) is 0 Å². The second-order valence-electron chi connectivity index (χ2n) is 6.09. The van der Waals surface area contributed by atoms with Crippen molar-refractivity contribution in [2.24, 2.45) is 0 Å². The van der Waals surface area contributed by atoms with Gasteiger partial charge in [-0.2, -0.15) is 0 Å². The summed E-state index contributed by atoms with van der Waals surface area (Å²) in [5.41, 5.74) is 1.09. The molecule has 3 rings (SSSR count). The van der Waals surface area contributed by atoms with Crippen LogP contribution in [-0.2, 0) is 9.53 Å². The van der Waals surface area contributed by atoms with Crippen LogP contribution in [0.4, 0.5) is 0 Å². The molecule has 5 heteroatoms. The number of morpholine rings is 1. The highest BCUT2D eigenvalue weighted by molar-refractivity contribution is 5.83. The third-order valence-corrected chi connectivity index (χ3v) is 4.57. The van der Waals surface area contributed by atoms with Crippen LogP contribution in [0.15, 0.2) is 30.3 Å². The molecule has 1 atom stereocenters. The lowest BCUT2D eigenvalue weighted by Crippen LogP contribution is -2.52. The zero-order chi connectivity index (χ0) is 15.4. The Morgan fingerprint density at radius 1 is 1.00 bits per heavy atom. The summed E-state index contributed by atoms with van der Waals surface area (Å²) in [6, 6.07) is 9.98. The quantitative estimate of drug-likeness (QED) is 0.829. The summed E-state index contributed by atoms with van der Waals surface area (Å²) in [4.78, 5) is 19.7. The first-order chi connectivity index (χ1) is 10.8. The van der Waals surface area contributed by atoms with E-state index in [1.54, 1.807) is 0 Å². The number of rotatable bonds is 3. The number of nitrogens with zero attached hydrogens (tertiary/aromatic N) is 3. The molecule has 1 aromatic rings. The minimum Gasteiger partial charge on any atom is -0.379 e. The first-order valence-electron chi connectivity index (χ1n) is 8.10. The largest absolute Gasteiger partial charge is 0.379 e. The molecule has 2 aliphatic heterocycles. The maximum atomic E-state index is 13.1. The summed E-state index contributed by atoms with van der Waals surface area (Å²) in [5.74, 6) is 0.237. The molecule has 22 heavy (non-hydrogen) atoms. The van der Waals surface area contributed by atoms with Gasteiger partial charge in [0.25, 0.3) is 0 Å². The Labute approximate surface area is 132 Å². The van der Waals surface area contributed by atoms with Gasteiger partial charge in [0, 0.05) is 39.3 Å². The van der Waals surface area contributed by atoms with E-state index in [4.69, 9.17) is 4.74 Å². The van der Waals surface area contributed by atoms with Gasteiger partial charge in [-0.3, -0.25) is 9.69 Å². The highest BCUT2D eigenvalue weighted by Crippen LogP contribution is 2.24. The van der Waals surface area contributed by atoms with Gasteiger partial charge in [-0.25, -0.2) is 0 Å². The number of carbonyl (C=O) groups excluding carboxylic acids is 1. The van der Waals surface area contributed by atoms with Crippen molar-refractivity contribution in [1.29, 1.82) is 0 Å². The summed E-state index contributed by atoms with van der Waals surface area (Å²) >= 11 is 0. The number of ether oxygens (including phenoxy) is 1. The van der Waals surface area contributed by atoms with Gasteiger partial charge in [0.2, 0.25) is 5.91 Å². The molecule has 1 amide bonds. The molecule has 5 nitrogen and oxygen atoms in total. The molecule has 0 aromatic heterocycles.